The van der Waals surface area contributed by atoms with Crippen molar-refractivity contribution in [2.24, 2.45) is 5.92 Å². The summed E-state index contributed by atoms with van der Waals surface area (Å²) >= 11 is 0. The number of ether oxygens (including phenoxy) is 2. The number of piperidine rings is 1. The molecule has 104 valence electrons. The third-order valence-electron chi connectivity index (χ3n) is 3.92. The normalized spacial score (nSPS) is 19.1. The summed E-state index contributed by atoms with van der Waals surface area (Å²) in [5, 5.41) is 3.42. The van der Waals surface area contributed by atoms with E-state index in [0.717, 1.165) is 24.0 Å². The molecule has 2 aliphatic heterocycles. The summed E-state index contributed by atoms with van der Waals surface area (Å²) in [7, 11) is 2.20. The molecule has 0 unspecified atom stereocenters. The predicted molar refractivity (Wildman–Crippen MR) is 74.5 cm³/mol. The molecule has 0 aliphatic carbocycles. The highest BCUT2D eigenvalue weighted by Gasteiger charge is 2.17. The molecule has 0 saturated carbocycles. The van der Waals surface area contributed by atoms with Gasteiger partial charge in [0.2, 0.25) is 6.79 Å². The number of hydrogen-bond acceptors (Lipinski definition) is 4. The number of nitrogens with zero attached hydrogens (tertiary/aromatic N) is 1. The van der Waals surface area contributed by atoms with Crippen molar-refractivity contribution in [3.8, 4) is 11.5 Å². The van der Waals surface area contributed by atoms with Gasteiger partial charge in [-0.25, -0.2) is 0 Å². The molecule has 4 heteroatoms. The highest BCUT2D eigenvalue weighted by Crippen LogP contribution is 2.32. The van der Waals surface area contributed by atoms with E-state index in [2.05, 4.69) is 29.4 Å². The van der Waals surface area contributed by atoms with Crippen molar-refractivity contribution in [2.45, 2.75) is 19.4 Å². The van der Waals surface area contributed by atoms with Gasteiger partial charge in [-0.15, -0.1) is 0 Å². The molecule has 1 aromatic rings. The molecule has 1 N–H and O–H groups in total. The van der Waals surface area contributed by atoms with Gasteiger partial charge in [-0.3, -0.25) is 0 Å². The van der Waals surface area contributed by atoms with E-state index in [0.29, 0.717) is 6.79 Å². The van der Waals surface area contributed by atoms with E-state index in [1.54, 1.807) is 0 Å². The Labute approximate surface area is 114 Å². The van der Waals surface area contributed by atoms with Crippen LogP contribution in [0.15, 0.2) is 18.2 Å². The van der Waals surface area contributed by atoms with Gasteiger partial charge in [0.15, 0.2) is 11.5 Å². The maximum atomic E-state index is 5.42. The zero-order valence-corrected chi connectivity index (χ0v) is 11.5. The minimum Gasteiger partial charge on any atom is -0.454 e. The van der Waals surface area contributed by atoms with Gasteiger partial charge in [0.1, 0.15) is 0 Å². The highest BCUT2D eigenvalue weighted by molar-refractivity contribution is 5.44. The fraction of sp³-hybridized carbons (Fsp3) is 0.600. The molecular formula is C15H22N2O2. The summed E-state index contributed by atoms with van der Waals surface area (Å²) in [6.07, 6.45) is 2.59. The SMILES string of the molecule is CN(Cc1ccc2c(c1)OCO2)CC1CCNCC1. The summed E-state index contributed by atoms with van der Waals surface area (Å²) in [4.78, 5) is 2.41. The monoisotopic (exact) mass is 262 g/mol. The maximum Gasteiger partial charge on any atom is 0.231 e. The lowest BCUT2D eigenvalue weighted by Crippen LogP contribution is -2.34. The Bertz CT molecular complexity index is 430. The Balaban J connectivity index is 1.55. The highest BCUT2D eigenvalue weighted by atomic mass is 16.7. The standard InChI is InChI=1S/C15H22N2O2/c1-17(9-12-4-6-16-7-5-12)10-13-2-3-14-15(8-13)19-11-18-14/h2-3,8,12,16H,4-7,9-11H2,1H3. The topological polar surface area (TPSA) is 33.7 Å². The summed E-state index contributed by atoms with van der Waals surface area (Å²) < 4.78 is 10.8. The van der Waals surface area contributed by atoms with Crippen molar-refractivity contribution in [2.75, 3.05) is 33.5 Å². The molecule has 1 fully saturated rings. The van der Waals surface area contributed by atoms with Crippen molar-refractivity contribution in [1.29, 1.82) is 0 Å². The molecule has 1 aromatic carbocycles. The Morgan fingerprint density at radius 3 is 2.84 bits per heavy atom. The Morgan fingerprint density at radius 1 is 1.21 bits per heavy atom. The second kappa shape index (κ2) is 5.80. The lowest BCUT2D eigenvalue weighted by molar-refractivity contribution is 0.174. The summed E-state index contributed by atoms with van der Waals surface area (Å²) in [5.41, 5.74) is 1.29. The fourth-order valence-electron chi connectivity index (χ4n) is 2.92. The first-order valence-corrected chi connectivity index (χ1v) is 7.09. The smallest absolute Gasteiger partial charge is 0.231 e. The van der Waals surface area contributed by atoms with Crippen molar-refractivity contribution in [3.63, 3.8) is 0 Å². The third kappa shape index (κ3) is 3.19. The average molecular weight is 262 g/mol. The largest absolute Gasteiger partial charge is 0.454 e. The molecule has 0 spiro atoms. The van der Waals surface area contributed by atoms with E-state index in [-0.39, 0.29) is 0 Å². The van der Waals surface area contributed by atoms with Gasteiger partial charge in [-0.1, -0.05) is 6.07 Å². The molecule has 3 rings (SSSR count). The molecule has 0 radical (unpaired) electrons. The average Bonchev–Trinajstić information content (AvgIpc) is 2.87. The fourth-order valence-corrected chi connectivity index (χ4v) is 2.92. The number of nitrogens with one attached hydrogen (secondary N) is 1. The van der Waals surface area contributed by atoms with Crippen LogP contribution in [0.5, 0.6) is 11.5 Å². The van der Waals surface area contributed by atoms with Crippen molar-refractivity contribution >= 4 is 0 Å². The number of benzene rings is 1. The van der Waals surface area contributed by atoms with Gasteiger partial charge < -0.3 is 19.7 Å². The molecule has 0 aromatic heterocycles. The first-order valence-electron chi connectivity index (χ1n) is 7.09. The summed E-state index contributed by atoms with van der Waals surface area (Å²) in [6, 6.07) is 6.24. The molecule has 4 nitrogen and oxygen atoms in total. The van der Waals surface area contributed by atoms with Gasteiger partial charge in [-0.2, -0.15) is 0 Å². The van der Waals surface area contributed by atoms with Crippen LogP contribution >= 0.6 is 0 Å². The molecule has 2 heterocycles. The first kappa shape index (κ1) is 12.8. The van der Waals surface area contributed by atoms with Crippen LogP contribution in [0, 0.1) is 5.92 Å². The van der Waals surface area contributed by atoms with Crippen molar-refractivity contribution < 1.29 is 9.47 Å². The number of hydrogen-bond donors (Lipinski definition) is 1. The third-order valence-corrected chi connectivity index (χ3v) is 3.92. The van der Waals surface area contributed by atoms with Crippen LogP contribution < -0.4 is 14.8 Å². The van der Waals surface area contributed by atoms with Crippen LogP contribution in [0.25, 0.3) is 0 Å². The Hall–Kier alpha value is -1.26. The van der Waals surface area contributed by atoms with Crippen LogP contribution in [0.3, 0.4) is 0 Å². The van der Waals surface area contributed by atoms with E-state index in [1.165, 1.54) is 38.0 Å². The molecule has 2 aliphatic rings. The lowest BCUT2D eigenvalue weighted by atomic mass is 9.97. The zero-order valence-electron chi connectivity index (χ0n) is 11.5. The predicted octanol–water partition coefficient (Wildman–Crippen LogP) is 1.85. The zero-order chi connectivity index (χ0) is 13.1. The quantitative estimate of drug-likeness (QED) is 0.898. The van der Waals surface area contributed by atoms with Crippen molar-refractivity contribution in [1.82, 2.24) is 10.2 Å². The van der Waals surface area contributed by atoms with Crippen molar-refractivity contribution in [3.05, 3.63) is 23.8 Å². The molecule has 19 heavy (non-hydrogen) atoms. The molecule has 0 atom stereocenters. The second-order valence-electron chi connectivity index (χ2n) is 5.58. The van der Waals surface area contributed by atoms with Crippen LogP contribution in [-0.4, -0.2) is 38.4 Å². The second-order valence-corrected chi connectivity index (χ2v) is 5.58. The van der Waals surface area contributed by atoms with Crippen LogP contribution in [0.2, 0.25) is 0 Å². The van der Waals surface area contributed by atoms with E-state index < -0.39 is 0 Å². The van der Waals surface area contributed by atoms with Gasteiger partial charge in [-0.05, 0) is 56.6 Å². The van der Waals surface area contributed by atoms with Crippen LogP contribution in [-0.2, 0) is 6.54 Å². The van der Waals surface area contributed by atoms with E-state index >= 15 is 0 Å². The van der Waals surface area contributed by atoms with E-state index in [1.807, 2.05) is 6.07 Å². The van der Waals surface area contributed by atoms with E-state index in [4.69, 9.17) is 9.47 Å². The maximum absolute atomic E-state index is 5.42. The Morgan fingerprint density at radius 2 is 2.00 bits per heavy atom. The van der Waals surface area contributed by atoms with Gasteiger partial charge in [0.05, 0.1) is 0 Å². The van der Waals surface area contributed by atoms with Crippen LogP contribution in [0.1, 0.15) is 18.4 Å². The van der Waals surface area contributed by atoms with Gasteiger partial charge in [0, 0.05) is 13.1 Å². The number of fused-ring (bicyclic) bond motifs is 1. The summed E-state index contributed by atoms with van der Waals surface area (Å²) in [6.45, 7) is 4.84. The number of rotatable bonds is 4. The summed E-state index contributed by atoms with van der Waals surface area (Å²) in [5.74, 6) is 2.58. The lowest BCUT2D eigenvalue weighted by Gasteiger charge is -2.27. The molecular weight excluding hydrogens is 240 g/mol. The minimum atomic E-state index is 0.351. The molecule has 0 amide bonds. The van der Waals surface area contributed by atoms with Gasteiger partial charge in [0.25, 0.3) is 0 Å². The first-order chi connectivity index (χ1) is 9.31. The van der Waals surface area contributed by atoms with Crippen LogP contribution in [0.4, 0.5) is 0 Å². The minimum absolute atomic E-state index is 0.351. The van der Waals surface area contributed by atoms with E-state index in [9.17, 15) is 0 Å². The van der Waals surface area contributed by atoms with Gasteiger partial charge >= 0.3 is 0 Å². The molecule has 0 bridgehead atoms. The molecule has 1 saturated heterocycles. The Kier molecular flexibility index (Phi) is 3.89.